The molecule has 55 valence electrons. The molecule has 0 amide bonds. The molecule has 0 N–H and O–H groups in total. The molecule has 0 heterocycles. The fourth-order valence-corrected chi connectivity index (χ4v) is 0.803. The molecule has 0 fully saturated rings. The summed E-state index contributed by atoms with van der Waals surface area (Å²) < 4.78 is 0. The first-order valence-corrected chi connectivity index (χ1v) is 3.56. The maximum atomic E-state index is 11.2. The van der Waals surface area contributed by atoms with Crippen LogP contribution in [-0.2, 0) is 5.11 Å². The van der Waals surface area contributed by atoms with Crippen molar-refractivity contribution in [3.05, 3.63) is 0 Å². The van der Waals surface area contributed by atoms with Crippen LogP contribution in [0.1, 0.15) is 34.6 Å². The Morgan fingerprint density at radius 1 is 1.11 bits per heavy atom. The van der Waals surface area contributed by atoms with Gasteiger partial charge in [0.15, 0.2) is 0 Å². The molecular formula is C8H17O. The lowest BCUT2D eigenvalue weighted by molar-refractivity contribution is -0.0554. The molecule has 0 spiro atoms. The molecule has 0 saturated carbocycles. The van der Waals surface area contributed by atoms with Gasteiger partial charge in [0.05, 0.1) is 0 Å². The van der Waals surface area contributed by atoms with Crippen LogP contribution in [0.3, 0.4) is 0 Å². The predicted octanol–water partition coefficient (Wildman–Crippen LogP) is 2.49. The summed E-state index contributed by atoms with van der Waals surface area (Å²) in [4.78, 5) is 0. The Labute approximate surface area is 58.1 Å². The summed E-state index contributed by atoms with van der Waals surface area (Å²) in [5.41, 5.74) is -0.770. The number of hydrogen-bond donors (Lipinski definition) is 0. The second-order valence-electron chi connectivity index (χ2n) is 3.64. The first-order chi connectivity index (χ1) is 3.85. The molecule has 1 heteroatoms. The fraction of sp³-hybridized carbons (Fsp3) is 1.00. The summed E-state index contributed by atoms with van der Waals surface area (Å²) in [6.45, 7) is 9.68. The van der Waals surface area contributed by atoms with E-state index in [1.54, 1.807) is 13.8 Å². The maximum Gasteiger partial charge on any atom is 0.101 e. The Hall–Kier alpha value is -0.0400. The second-order valence-corrected chi connectivity index (χ2v) is 3.64. The summed E-state index contributed by atoms with van der Waals surface area (Å²) in [6, 6.07) is 0. The van der Waals surface area contributed by atoms with Crippen molar-refractivity contribution in [1.82, 2.24) is 0 Å². The SMILES string of the molecule is CC(C)C(C)C(C)(C)[O]. The standard InChI is InChI=1S/C8H17O/c1-6(2)7(3)8(4,5)9/h6-7H,1-5H3. The van der Waals surface area contributed by atoms with Gasteiger partial charge in [-0.25, -0.2) is 5.11 Å². The molecule has 0 aromatic carbocycles. The van der Waals surface area contributed by atoms with Gasteiger partial charge in [0.25, 0.3) is 0 Å². The molecule has 1 radical (unpaired) electrons. The predicted molar refractivity (Wildman–Crippen MR) is 38.8 cm³/mol. The Morgan fingerprint density at radius 2 is 1.44 bits per heavy atom. The van der Waals surface area contributed by atoms with Crippen LogP contribution in [0.5, 0.6) is 0 Å². The van der Waals surface area contributed by atoms with E-state index in [0.717, 1.165) is 0 Å². The van der Waals surface area contributed by atoms with E-state index in [4.69, 9.17) is 0 Å². The second kappa shape index (κ2) is 2.70. The lowest BCUT2D eigenvalue weighted by atomic mass is 9.84. The van der Waals surface area contributed by atoms with Gasteiger partial charge in [0, 0.05) is 0 Å². The zero-order chi connectivity index (χ0) is 7.65. The van der Waals surface area contributed by atoms with Crippen LogP contribution in [0.25, 0.3) is 0 Å². The normalized spacial score (nSPS) is 16.3. The fourth-order valence-electron chi connectivity index (χ4n) is 0.803. The molecule has 0 aliphatic rings. The first kappa shape index (κ1) is 8.96. The summed E-state index contributed by atoms with van der Waals surface area (Å²) in [5, 5.41) is 11.2. The van der Waals surface area contributed by atoms with E-state index < -0.39 is 5.60 Å². The molecule has 1 atom stereocenters. The van der Waals surface area contributed by atoms with E-state index in [2.05, 4.69) is 13.8 Å². The average molecular weight is 129 g/mol. The van der Waals surface area contributed by atoms with Crippen LogP contribution >= 0.6 is 0 Å². The highest BCUT2D eigenvalue weighted by Gasteiger charge is 2.26. The summed E-state index contributed by atoms with van der Waals surface area (Å²) >= 11 is 0. The highest BCUT2D eigenvalue weighted by molar-refractivity contribution is 4.74. The van der Waals surface area contributed by atoms with Gasteiger partial charge in [-0.1, -0.05) is 20.8 Å². The van der Waals surface area contributed by atoms with Crippen molar-refractivity contribution in [3.63, 3.8) is 0 Å². The summed E-state index contributed by atoms with van der Waals surface area (Å²) in [5.74, 6) is 0.759. The van der Waals surface area contributed by atoms with Crippen molar-refractivity contribution in [2.24, 2.45) is 11.8 Å². The van der Waals surface area contributed by atoms with E-state index in [1.165, 1.54) is 0 Å². The molecule has 1 nitrogen and oxygen atoms in total. The van der Waals surface area contributed by atoms with Crippen LogP contribution in [0.2, 0.25) is 0 Å². The van der Waals surface area contributed by atoms with E-state index in [-0.39, 0.29) is 5.92 Å². The van der Waals surface area contributed by atoms with E-state index in [9.17, 15) is 5.11 Å². The third-order valence-electron chi connectivity index (χ3n) is 2.10. The number of rotatable bonds is 2. The average Bonchev–Trinajstić information content (AvgIpc) is 1.62. The van der Waals surface area contributed by atoms with Gasteiger partial charge in [-0.05, 0) is 25.7 Å². The minimum absolute atomic E-state index is 0.262. The molecule has 0 bridgehead atoms. The molecule has 0 aliphatic heterocycles. The van der Waals surface area contributed by atoms with Crippen molar-refractivity contribution < 1.29 is 5.11 Å². The molecule has 0 aromatic rings. The zero-order valence-electron chi connectivity index (χ0n) is 7.06. The van der Waals surface area contributed by atoms with Gasteiger partial charge in [0.2, 0.25) is 0 Å². The third kappa shape index (κ3) is 2.85. The van der Waals surface area contributed by atoms with Gasteiger partial charge in [-0.2, -0.15) is 0 Å². The number of hydrogen-bond acceptors (Lipinski definition) is 0. The Bertz CT molecular complexity index is 79.1. The van der Waals surface area contributed by atoms with Gasteiger partial charge in [-0.3, -0.25) is 0 Å². The van der Waals surface area contributed by atoms with Crippen molar-refractivity contribution in [2.45, 2.75) is 40.2 Å². The lowest BCUT2D eigenvalue weighted by Gasteiger charge is -2.26. The zero-order valence-corrected chi connectivity index (χ0v) is 7.06. The van der Waals surface area contributed by atoms with Crippen LogP contribution in [-0.4, -0.2) is 5.60 Å². The monoisotopic (exact) mass is 129 g/mol. The van der Waals surface area contributed by atoms with Crippen LogP contribution in [0.4, 0.5) is 0 Å². The molecule has 1 unspecified atom stereocenters. The molecule has 0 rings (SSSR count). The Morgan fingerprint density at radius 3 is 1.44 bits per heavy atom. The van der Waals surface area contributed by atoms with Gasteiger partial charge >= 0.3 is 0 Å². The summed E-state index contributed by atoms with van der Waals surface area (Å²) in [6.07, 6.45) is 0. The molecule has 0 aliphatic carbocycles. The smallest absolute Gasteiger partial charge is 0.101 e. The van der Waals surface area contributed by atoms with Crippen LogP contribution in [0, 0.1) is 11.8 Å². The van der Waals surface area contributed by atoms with Gasteiger partial charge in [0.1, 0.15) is 5.60 Å². The topological polar surface area (TPSA) is 19.9 Å². The quantitative estimate of drug-likeness (QED) is 0.546. The Kier molecular flexibility index (Phi) is 2.68. The van der Waals surface area contributed by atoms with Crippen molar-refractivity contribution in [2.75, 3.05) is 0 Å². The molecule has 9 heavy (non-hydrogen) atoms. The summed E-state index contributed by atoms with van der Waals surface area (Å²) in [7, 11) is 0. The minimum atomic E-state index is -0.770. The van der Waals surface area contributed by atoms with E-state index >= 15 is 0 Å². The van der Waals surface area contributed by atoms with Crippen molar-refractivity contribution in [1.29, 1.82) is 0 Å². The molecule has 0 aromatic heterocycles. The lowest BCUT2D eigenvalue weighted by Crippen LogP contribution is -2.30. The highest BCUT2D eigenvalue weighted by atomic mass is 16.3. The Balaban J connectivity index is 3.88. The van der Waals surface area contributed by atoms with Crippen LogP contribution < -0.4 is 0 Å². The van der Waals surface area contributed by atoms with Crippen molar-refractivity contribution in [3.8, 4) is 0 Å². The minimum Gasteiger partial charge on any atom is -0.230 e. The molecular weight excluding hydrogens is 112 g/mol. The first-order valence-electron chi connectivity index (χ1n) is 3.56. The highest BCUT2D eigenvalue weighted by Crippen LogP contribution is 2.23. The third-order valence-corrected chi connectivity index (χ3v) is 2.10. The van der Waals surface area contributed by atoms with Crippen LogP contribution in [0.15, 0.2) is 0 Å². The van der Waals surface area contributed by atoms with Crippen molar-refractivity contribution >= 4 is 0 Å². The largest absolute Gasteiger partial charge is 0.230 e. The van der Waals surface area contributed by atoms with Gasteiger partial charge < -0.3 is 0 Å². The van der Waals surface area contributed by atoms with E-state index in [0.29, 0.717) is 5.92 Å². The molecule has 0 saturated heterocycles. The van der Waals surface area contributed by atoms with Gasteiger partial charge in [-0.15, -0.1) is 0 Å². The maximum absolute atomic E-state index is 11.2. The van der Waals surface area contributed by atoms with E-state index in [1.807, 2.05) is 6.92 Å².